The third-order valence-corrected chi connectivity index (χ3v) is 5.71. The van der Waals surface area contributed by atoms with Crippen LogP contribution in [0.5, 0.6) is 0 Å². The molecular formula is C10H15NO5S. The molecule has 2 atom stereocenters. The zero-order valence-corrected chi connectivity index (χ0v) is 10.1. The van der Waals surface area contributed by atoms with E-state index in [0.717, 1.165) is 0 Å². The molecule has 2 heterocycles. The van der Waals surface area contributed by atoms with E-state index >= 15 is 0 Å². The number of carboxylic acid groups (broad SMARTS) is 1. The molecule has 0 aromatic rings. The second kappa shape index (κ2) is 4.29. The quantitative estimate of drug-likeness (QED) is 0.739. The molecule has 0 saturated carbocycles. The summed E-state index contributed by atoms with van der Waals surface area (Å²) in [4.78, 5) is 23.7. The van der Waals surface area contributed by atoms with E-state index in [0.29, 0.717) is 12.8 Å². The lowest BCUT2D eigenvalue weighted by atomic mass is 10.1. The molecule has 1 amide bonds. The fourth-order valence-electron chi connectivity index (χ4n) is 2.42. The predicted molar refractivity (Wildman–Crippen MR) is 59.1 cm³/mol. The molecule has 2 aliphatic heterocycles. The highest BCUT2D eigenvalue weighted by atomic mass is 32.2. The number of likely N-dealkylation sites (tertiary alicyclic amines) is 1. The van der Waals surface area contributed by atoms with Crippen LogP contribution in [0, 0.1) is 5.92 Å². The van der Waals surface area contributed by atoms with Crippen LogP contribution < -0.4 is 0 Å². The van der Waals surface area contributed by atoms with E-state index < -0.39 is 27.0 Å². The van der Waals surface area contributed by atoms with Crippen LogP contribution >= 0.6 is 0 Å². The minimum atomic E-state index is -3.08. The molecule has 0 bridgehead atoms. The van der Waals surface area contributed by atoms with Gasteiger partial charge in [0, 0.05) is 19.5 Å². The molecule has 6 nitrogen and oxygen atoms in total. The highest BCUT2D eigenvalue weighted by Gasteiger charge is 2.39. The van der Waals surface area contributed by atoms with Gasteiger partial charge in [0.1, 0.15) is 0 Å². The van der Waals surface area contributed by atoms with Crippen LogP contribution in [0.4, 0.5) is 0 Å². The van der Waals surface area contributed by atoms with Crippen molar-refractivity contribution in [3.05, 3.63) is 0 Å². The van der Waals surface area contributed by atoms with E-state index in [9.17, 15) is 18.0 Å². The van der Waals surface area contributed by atoms with Crippen LogP contribution in [0.2, 0.25) is 0 Å². The Kier molecular flexibility index (Phi) is 3.11. The van der Waals surface area contributed by atoms with Crippen LogP contribution in [0.25, 0.3) is 0 Å². The lowest BCUT2D eigenvalue weighted by Gasteiger charge is -2.19. The lowest BCUT2D eigenvalue weighted by molar-refractivity contribution is -0.141. The van der Waals surface area contributed by atoms with Crippen molar-refractivity contribution in [3.8, 4) is 0 Å². The molecule has 2 aliphatic rings. The van der Waals surface area contributed by atoms with Crippen molar-refractivity contribution in [3.63, 3.8) is 0 Å². The SMILES string of the molecule is O=C(O)C1CC(=O)N(CC2CCCS2(=O)=O)C1. The molecule has 0 aromatic carbocycles. The van der Waals surface area contributed by atoms with Crippen LogP contribution in [-0.4, -0.2) is 54.4 Å². The van der Waals surface area contributed by atoms with E-state index in [1.807, 2.05) is 0 Å². The summed E-state index contributed by atoms with van der Waals surface area (Å²) in [5, 5.41) is 8.31. The summed E-state index contributed by atoms with van der Waals surface area (Å²) >= 11 is 0. The number of sulfone groups is 1. The maximum absolute atomic E-state index is 11.6. The van der Waals surface area contributed by atoms with Crippen molar-refractivity contribution in [1.82, 2.24) is 4.90 Å². The average molecular weight is 261 g/mol. The maximum Gasteiger partial charge on any atom is 0.308 e. The molecule has 2 rings (SSSR count). The summed E-state index contributed by atoms with van der Waals surface area (Å²) in [6.07, 6.45) is 1.20. The standard InChI is InChI=1S/C10H15NO5S/c12-9-4-7(10(13)14)5-11(9)6-8-2-1-3-17(8,15)16/h7-8H,1-6H2,(H,13,14). The second-order valence-corrected chi connectivity index (χ2v) is 7.07. The van der Waals surface area contributed by atoms with Gasteiger partial charge in [0.15, 0.2) is 9.84 Å². The van der Waals surface area contributed by atoms with Crippen molar-refractivity contribution in [2.24, 2.45) is 5.92 Å². The van der Waals surface area contributed by atoms with Crippen molar-refractivity contribution in [2.45, 2.75) is 24.5 Å². The van der Waals surface area contributed by atoms with Crippen molar-refractivity contribution >= 4 is 21.7 Å². The Labute approximate surface area is 99.5 Å². The van der Waals surface area contributed by atoms with Gasteiger partial charge in [0.05, 0.1) is 16.9 Å². The first-order valence-electron chi connectivity index (χ1n) is 5.62. The van der Waals surface area contributed by atoms with Gasteiger partial charge in [-0.1, -0.05) is 0 Å². The smallest absolute Gasteiger partial charge is 0.308 e. The van der Waals surface area contributed by atoms with Crippen LogP contribution in [0.1, 0.15) is 19.3 Å². The summed E-state index contributed by atoms with van der Waals surface area (Å²) in [6.45, 7) is 0.297. The highest BCUT2D eigenvalue weighted by molar-refractivity contribution is 7.92. The Bertz CT molecular complexity index is 444. The first-order chi connectivity index (χ1) is 7.90. The van der Waals surface area contributed by atoms with Gasteiger partial charge in [-0.2, -0.15) is 0 Å². The minimum Gasteiger partial charge on any atom is -0.481 e. The predicted octanol–water partition coefficient (Wildman–Crippen LogP) is -0.503. The maximum atomic E-state index is 11.6. The number of carbonyl (C=O) groups excluding carboxylic acids is 1. The summed E-state index contributed by atoms with van der Waals surface area (Å²) in [6, 6.07) is 0. The first-order valence-corrected chi connectivity index (χ1v) is 7.34. The van der Waals surface area contributed by atoms with Crippen LogP contribution in [0.15, 0.2) is 0 Å². The van der Waals surface area contributed by atoms with Crippen LogP contribution in [0.3, 0.4) is 0 Å². The van der Waals surface area contributed by atoms with E-state index in [-0.39, 0.29) is 31.2 Å². The Morgan fingerprint density at radius 1 is 1.47 bits per heavy atom. The third-order valence-electron chi connectivity index (χ3n) is 3.45. The fourth-order valence-corrected chi connectivity index (χ4v) is 4.26. The molecule has 7 heteroatoms. The number of carbonyl (C=O) groups is 2. The van der Waals surface area contributed by atoms with E-state index in [1.165, 1.54) is 4.90 Å². The molecular weight excluding hydrogens is 246 g/mol. The number of carboxylic acids is 1. The molecule has 17 heavy (non-hydrogen) atoms. The molecule has 1 N–H and O–H groups in total. The summed E-state index contributed by atoms with van der Waals surface area (Å²) < 4.78 is 23.2. The third kappa shape index (κ3) is 2.43. The van der Waals surface area contributed by atoms with Gasteiger partial charge in [-0.3, -0.25) is 9.59 Å². The van der Waals surface area contributed by atoms with Gasteiger partial charge < -0.3 is 10.0 Å². The van der Waals surface area contributed by atoms with Gasteiger partial charge in [0.25, 0.3) is 0 Å². The fraction of sp³-hybridized carbons (Fsp3) is 0.800. The van der Waals surface area contributed by atoms with Gasteiger partial charge in [-0.05, 0) is 12.8 Å². The van der Waals surface area contributed by atoms with Gasteiger partial charge in [-0.15, -0.1) is 0 Å². The molecule has 2 saturated heterocycles. The number of nitrogens with zero attached hydrogens (tertiary/aromatic N) is 1. The zero-order valence-electron chi connectivity index (χ0n) is 9.33. The Hall–Kier alpha value is -1.11. The Balaban J connectivity index is 2.01. The van der Waals surface area contributed by atoms with E-state index in [4.69, 9.17) is 5.11 Å². The number of hydrogen-bond acceptors (Lipinski definition) is 4. The first kappa shape index (κ1) is 12.3. The number of aliphatic carboxylic acids is 1. The number of amides is 1. The molecule has 96 valence electrons. The molecule has 0 aliphatic carbocycles. The molecule has 0 radical (unpaired) electrons. The monoisotopic (exact) mass is 261 g/mol. The van der Waals surface area contributed by atoms with Gasteiger partial charge in [-0.25, -0.2) is 8.42 Å². The highest BCUT2D eigenvalue weighted by Crippen LogP contribution is 2.24. The lowest BCUT2D eigenvalue weighted by Crippen LogP contribution is -2.36. The van der Waals surface area contributed by atoms with Crippen molar-refractivity contribution in [1.29, 1.82) is 0 Å². The summed E-state index contributed by atoms with van der Waals surface area (Å²) in [7, 11) is -3.08. The van der Waals surface area contributed by atoms with E-state index in [1.54, 1.807) is 0 Å². The van der Waals surface area contributed by atoms with Gasteiger partial charge in [0.2, 0.25) is 5.91 Å². The zero-order chi connectivity index (χ0) is 12.6. The van der Waals surface area contributed by atoms with E-state index in [2.05, 4.69) is 0 Å². The number of hydrogen-bond donors (Lipinski definition) is 1. The number of rotatable bonds is 3. The summed E-state index contributed by atoms with van der Waals surface area (Å²) in [5.74, 6) is -1.75. The molecule has 2 unspecified atom stereocenters. The molecule has 0 aromatic heterocycles. The topological polar surface area (TPSA) is 91.8 Å². The van der Waals surface area contributed by atoms with Gasteiger partial charge >= 0.3 is 5.97 Å². The van der Waals surface area contributed by atoms with Crippen LogP contribution in [-0.2, 0) is 19.4 Å². The van der Waals surface area contributed by atoms with Crippen molar-refractivity contribution in [2.75, 3.05) is 18.8 Å². The Morgan fingerprint density at radius 3 is 2.65 bits per heavy atom. The van der Waals surface area contributed by atoms with Crippen molar-refractivity contribution < 1.29 is 23.1 Å². The summed E-state index contributed by atoms with van der Waals surface area (Å²) in [5.41, 5.74) is 0. The molecule has 2 fully saturated rings. The Morgan fingerprint density at radius 2 is 2.18 bits per heavy atom. The molecule has 0 spiro atoms. The average Bonchev–Trinajstić information content (AvgIpc) is 2.73. The minimum absolute atomic E-state index is 0.0118. The normalized spacial score (nSPS) is 32.0. The largest absolute Gasteiger partial charge is 0.481 e. The second-order valence-electron chi connectivity index (χ2n) is 4.67.